The summed E-state index contributed by atoms with van der Waals surface area (Å²) in [6, 6.07) is 0. The zero-order valence-electron chi connectivity index (χ0n) is 11.3. The fourth-order valence-electron chi connectivity index (χ4n) is 2.29. The van der Waals surface area contributed by atoms with E-state index in [1.807, 2.05) is 0 Å². The van der Waals surface area contributed by atoms with Crippen molar-refractivity contribution in [2.24, 2.45) is 5.92 Å². The van der Waals surface area contributed by atoms with Crippen molar-refractivity contribution in [1.82, 2.24) is 15.3 Å². The van der Waals surface area contributed by atoms with Crippen LogP contribution in [-0.2, 0) is 4.74 Å². The van der Waals surface area contributed by atoms with Crippen LogP contribution in [0.5, 0.6) is 0 Å². The summed E-state index contributed by atoms with van der Waals surface area (Å²) in [5.41, 5.74) is 0. The lowest BCUT2D eigenvalue weighted by Gasteiger charge is -2.32. The number of ether oxygens (including phenoxy) is 1. The van der Waals surface area contributed by atoms with Crippen molar-refractivity contribution in [3.05, 3.63) is 17.4 Å². The Hall–Kier alpha value is -0.910. The fraction of sp³-hybridized carbons (Fsp3) is 0.692. The third-order valence-electron chi connectivity index (χ3n) is 3.42. The molecule has 5 nitrogen and oxygen atoms in total. The molecule has 1 saturated heterocycles. The Kier molecular flexibility index (Phi) is 5.82. The topological polar surface area (TPSA) is 50.3 Å². The molecule has 1 aromatic rings. The van der Waals surface area contributed by atoms with Crippen molar-refractivity contribution in [3.63, 3.8) is 0 Å². The van der Waals surface area contributed by atoms with Crippen LogP contribution in [0.25, 0.3) is 0 Å². The van der Waals surface area contributed by atoms with Gasteiger partial charge in [0.1, 0.15) is 0 Å². The van der Waals surface area contributed by atoms with Gasteiger partial charge in [-0.1, -0.05) is 11.6 Å². The summed E-state index contributed by atoms with van der Waals surface area (Å²) in [4.78, 5) is 10.8. The predicted molar refractivity (Wildman–Crippen MR) is 76.7 cm³/mol. The van der Waals surface area contributed by atoms with Crippen molar-refractivity contribution < 1.29 is 4.74 Å². The molecule has 1 N–H and O–H groups in total. The number of rotatable bonds is 6. The molecule has 1 aliphatic heterocycles. The van der Waals surface area contributed by atoms with E-state index in [9.17, 15) is 0 Å². The Labute approximate surface area is 119 Å². The quantitative estimate of drug-likeness (QED) is 0.804. The molecule has 0 bridgehead atoms. The van der Waals surface area contributed by atoms with Crippen LogP contribution in [-0.4, -0.2) is 49.9 Å². The highest BCUT2D eigenvalue weighted by molar-refractivity contribution is 6.30. The average Bonchev–Trinajstić information content (AvgIpc) is 2.45. The highest BCUT2D eigenvalue weighted by Gasteiger charge is 2.20. The number of methoxy groups -OCH3 is 1. The minimum absolute atomic E-state index is 0.584. The first-order valence-electron chi connectivity index (χ1n) is 6.71. The van der Waals surface area contributed by atoms with Gasteiger partial charge in [-0.2, -0.15) is 0 Å². The number of hydrogen-bond acceptors (Lipinski definition) is 5. The number of nitrogens with zero attached hydrogens (tertiary/aromatic N) is 3. The number of nitrogens with one attached hydrogen (secondary N) is 1. The van der Waals surface area contributed by atoms with E-state index in [-0.39, 0.29) is 0 Å². The molecule has 1 fully saturated rings. The van der Waals surface area contributed by atoms with E-state index in [0.717, 1.165) is 44.7 Å². The molecule has 19 heavy (non-hydrogen) atoms. The van der Waals surface area contributed by atoms with Crippen LogP contribution < -0.4 is 10.2 Å². The van der Waals surface area contributed by atoms with Crippen LogP contribution in [0.15, 0.2) is 12.4 Å². The van der Waals surface area contributed by atoms with Crippen LogP contribution in [0.3, 0.4) is 0 Å². The van der Waals surface area contributed by atoms with E-state index < -0.39 is 0 Å². The van der Waals surface area contributed by atoms with E-state index in [1.54, 1.807) is 19.5 Å². The Bertz CT molecular complexity index is 365. The standard InChI is InChI=1S/C13H21ClN4O/c1-19-7-4-15-8-11-2-5-18(6-3-11)13-16-9-12(14)10-17-13/h9-11,15H,2-8H2,1H3. The van der Waals surface area contributed by atoms with E-state index in [4.69, 9.17) is 16.3 Å². The summed E-state index contributed by atoms with van der Waals surface area (Å²) in [6.07, 6.45) is 5.66. The maximum atomic E-state index is 5.79. The molecular weight excluding hydrogens is 264 g/mol. The first-order chi connectivity index (χ1) is 9.29. The number of piperidine rings is 1. The zero-order valence-corrected chi connectivity index (χ0v) is 12.1. The monoisotopic (exact) mass is 284 g/mol. The van der Waals surface area contributed by atoms with Gasteiger partial charge in [0.05, 0.1) is 24.0 Å². The number of hydrogen-bond donors (Lipinski definition) is 1. The van der Waals surface area contributed by atoms with Crippen molar-refractivity contribution in [2.75, 3.05) is 44.8 Å². The molecule has 106 valence electrons. The van der Waals surface area contributed by atoms with Gasteiger partial charge in [0.25, 0.3) is 0 Å². The second-order valence-electron chi connectivity index (χ2n) is 4.83. The molecule has 2 rings (SSSR count). The van der Waals surface area contributed by atoms with Gasteiger partial charge in [0.15, 0.2) is 0 Å². The van der Waals surface area contributed by atoms with E-state index in [1.165, 1.54) is 12.8 Å². The summed E-state index contributed by atoms with van der Waals surface area (Å²) in [7, 11) is 1.73. The second kappa shape index (κ2) is 7.62. The smallest absolute Gasteiger partial charge is 0.225 e. The van der Waals surface area contributed by atoms with Gasteiger partial charge >= 0.3 is 0 Å². The molecule has 0 spiro atoms. The predicted octanol–water partition coefficient (Wildman–Crippen LogP) is 1.58. The van der Waals surface area contributed by atoms with Crippen LogP contribution in [0, 0.1) is 5.92 Å². The molecule has 2 heterocycles. The third-order valence-corrected chi connectivity index (χ3v) is 3.62. The van der Waals surface area contributed by atoms with Crippen LogP contribution in [0.4, 0.5) is 5.95 Å². The zero-order chi connectivity index (χ0) is 13.5. The number of anilines is 1. The Morgan fingerprint density at radius 2 is 2.05 bits per heavy atom. The second-order valence-corrected chi connectivity index (χ2v) is 5.27. The number of halogens is 1. The van der Waals surface area contributed by atoms with Gasteiger partial charge in [-0.25, -0.2) is 9.97 Å². The highest BCUT2D eigenvalue weighted by Crippen LogP contribution is 2.20. The maximum Gasteiger partial charge on any atom is 0.225 e. The van der Waals surface area contributed by atoms with E-state index in [0.29, 0.717) is 5.02 Å². The molecule has 0 unspecified atom stereocenters. The SMILES string of the molecule is COCCNCC1CCN(c2ncc(Cl)cn2)CC1. The molecule has 0 aromatic carbocycles. The first kappa shape index (κ1) is 14.5. The largest absolute Gasteiger partial charge is 0.383 e. The Morgan fingerprint density at radius 1 is 1.37 bits per heavy atom. The minimum atomic E-state index is 0.584. The van der Waals surface area contributed by atoms with Gasteiger partial charge in [-0.05, 0) is 25.3 Å². The molecule has 0 atom stereocenters. The van der Waals surface area contributed by atoms with Gasteiger partial charge in [0, 0.05) is 26.7 Å². The average molecular weight is 285 g/mol. The number of aromatic nitrogens is 2. The summed E-state index contributed by atoms with van der Waals surface area (Å²) in [6.45, 7) is 4.80. The third kappa shape index (κ3) is 4.60. The lowest BCUT2D eigenvalue weighted by Crippen LogP contribution is -2.38. The molecule has 0 amide bonds. The molecule has 1 aliphatic rings. The molecule has 0 saturated carbocycles. The van der Waals surface area contributed by atoms with Crippen LogP contribution >= 0.6 is 11.6 Å². The summed E-state index contributed by atoms with van der Waals surface area (Å²) < 4.78 is 5.02. The van der Waals surface area contributed by atoms with Gasteiger partial charge in [-0.15, -0.1) is 0 Å². The van der Waals surface area contributed by atoms with Gasteiger partial charge in [0.2, 0.25) is 5.95 Å². The maximum absolute atomic E-state index is 5.79. The molecule has 6 heteroatoms. The van der Waals surface area contributed by atoms with Gasteiger partial charge in [-0.3, -0.25) is 0 Å². The van der Waals surface area contributed by atoms with Crippen LogP contribution in [0.2, 0.25) is 5.02 Å². The van der Waals surface area contributed by atoms with Crippen molar-refractivity contribution in [3.8, 4) is 0 Å². The lowest BCUT2D eigenvalue weighted by atomic mass is 9.97. The normalized spacial score (nSPS) is 16.8. The molecular formula is C13H21ClN4O. The van der Waals surface area contributed by atoms with Crippen LogP contribution in [0.1, 0.15) is 12.8 Å². The summed E-state index contributed by atoms with van der Waals surface area (Å²) in [5, 5.41) is 4.01. The Morgan fingerprint density at radius 3 is 2.68 bits per heavy atom. The van der Waals surface area contributed by atoms with Gasteiger partial charge < -0.3 is 15.0 Å². The summed E-state index contributed by atoms with van der Waals surface area (Å²) >= 11 is 5.79. The van der Waals surface area contributed by atoms with Crippen molar-refractivity contribution in [2.45, 2.75) is 12.8 Å². The van der Waals surface area contributed by atoms with Crippen molar-refractivity contribution in [1.29, 1.82) is 0 Å². The van der Waals surface area contributed by atoms with E-state index in [2.05, 4.69) is 20.2 Å². The molecule has 1 aromatic heterocycles. The first-order valence-corrected chi connectivity index (χ1v) is 7.09. The molecule has 0 radical (unpaired) electrons. The Balaban J connectivity index is 1.71. The molecule has 0 aliphatic carbocycles. The van der Waals surface area contributed by atoms with Crippen molar-refractivity contribution >= 4 is 17.5 Å². The lowest BCUT2D eigenvalue weighted by molar-refractivity contribution is 0.196. The summed E-state index contributed by atoms with van der Waals surface area (Å²) in [5.74, 6) is 1.52. The minimum Gasteiger partial charge on any atom is -0.383 e. The van der Waals surface area contributed by atoms with E-state index >= 15 is 0 Å². The fourth-order valence-corrected chi connectivity index (χ4v) is 2.38. The highest BCUT2D eigenvalue weighted by atomic mass is 35.5.